The van der Waals surface area contributed by atoms with Crippen LogP contribution in [0.25, 0.3) is 22.4 Å². The number of benzene rings is 2. The third-order valence-electron chi connectivity index (χ3n) is 3.47. The predicted molar refractivity (Wildman–Crippen MR) is 100.0 cm³/mol. The van der Waals surface area contributed by atoms with E-state index in [-0.39, 0.29) is 5.75 Å². The Hall–Kier alpha value is -2.59. The zero-order chi connectivity index (χ0) is 16.2. The highest BCUT2D eigenvalue weighted by Gasteiger charge is 2.01. The maximum Gasteiger partial charge on any atom is 0.117 e. The van der Waals surface area contributed by atoms with Crippen LogP contribution in [-0.2, 0) is 0 Å². The SMILES string of the molecule is CNc1ccc(/C=C(C)/C=C/c2nc3ccc(O)cc3s2)cc1. The molecule has 0 amide bonds. The molecule has 3 nitrogen and oxygen atoms in total. The van der Waals surface area contributed by atoms with Crippen molar-refractivity contribution in [2.24, 2.45) is 0 Å². The average molecular weight is 322 g/mol. The fraction of sp³-hybridized carbons (Fsp3) is 0.105. The Morgan fingerprint density at radius 3 is 2.70 bits per heavy atom. The van der Waals surface area contributed by atoms with Crippen LogP contribution >= 0.6 is 11.3 Å². The van der Waals surface area contributed by atoms with Crippen LogP contribution in [0.3, 0.4) is 0 Å². The Morgan fingerprint density at radius 1 is 1.17 bits per heavy atom. The highest BCUT2D eigenvalue weighted by molar-refractivity contribution is 7.19. The fourth-order valence-corrected chi connectivity index (χ4v) is 3.17. The van der Waals surface area contributed by atoms with Gasteiger partial charge in [0.1, 0.15) is 10.8 Å². The summed E-state index contributed by atoms with van der Waals surface area (Å²) in [5.74, 6) is 0.276. The lowest BCUT2D eigenvalue weighted by Gasteiger charge is -2.00. The van der Waals surface area contributed by atoms with Crippen LogP contribution in [-0.4, -0.2) is 17.1 Å². The second-order valence-corrected chi connectivity index (χ2v) is 6.36. The first kappa shape index (κ1) is 15.3. The van der Waals surface area contributed by atoms with Crippen molar-refractivity contribution in [3.63, 3.8) is 0 Å². The molecule has 0 atom stereocenters. The molecule has 0 aliphatic carbocycles. The zero-order valence-electron chi connectivity index (χ0n) is 13.1. The van der Waals surface area contributed by atoms with E-state index in [1.54, 1.807) is 23.5 Å². The molecule has 0 saturated carbocycles. The summed E-state index contributed by atoms with van der Waals surface area (Å²) < 4.78 is 0.994. The molecule has 0 saturated heterocycles. The number of rotatable bonds is 4. The van der Waals surface area contributed by atoms with E-state index in [0.29, 0.717) is 0 Å². The van der Waals surface area contributed by atoms with Gasteiger partial charge in [-0.15, -0.1) is 11.3 Å². The molecule has 2 N–H and O–H groups in total. The standard InChI is InChI=1S/C19H18N2OS/c1-13(11-14-4-6-15(20-2)7-5-14)3-10-19-21-17-9-8-16(22)12-18(17)23-19/h3-12,20,22H,1-2H3/b10-3+,13-11+. The Kier molecular flexibility index (Phi) is 4.44. The molecule has 0 unspecified atom stereocenters. The zero-order valence-corrected chi connectivity index (χ0v) is 13.9. The van der Waals surface area contributed by atoms with E-state index in [1.165, 1.54) is 5.56 Å². The molecule has 0 aliphatic rings. The molecule has 116 valence electrons. The summed E-state index contributed by atoms with van der Waals surface area (Å²) in [6.45, 7) is 2.07. The monoisotopic (exact) mass is 322 g/mol. The number of hydrogen-bond donors (Lipinski definition) is 2. The number of nitrogens with zero attached hydrogens (tertiary/aromatic N) is 1. The number of allylic oxidation sites excluding steroid dienone is 2. The Morgan fingerprint density at radius 2 is 1.96 bits per heavy atom. The van der Waals surface area contributed by atoms with Crippen molar-refractivity contribution in [1.29, 1.82) is 0 Å². The van der Waals surface area contributed by atoms with Gasteiger partial charge in [-0.3, -0.25) is 0 Å². The number of phenolic OH excluding ortho intramolecular Hbond substituents is 1. The summed E-state index contributed by atoms with van der Waals surface area (Å²) in [4.78, 5) is 4.54. The van der Waals surface area contributed by atoms with Gasteiger partial charge in [-0.05, 0) is 48.9 Å². The number of phenols is 1. The number of nitrogens with one attached hydrogen (secondary N) is 1. The fourth-order valence-electron chi connectivity index (χ4n) is 2.26. The maximum absolute atomic E-state index is 9.51. The second-order valence-electron chi connectivity index (χ2n) is 5.30. The Bertz CT molecular complexity index is 876. The van der Waals surface area contributed by atoms with Crippen molar-refractivity contribution in [2.75, 3.05) is 12.4 Å². The third kappa shape index (κ3) is 3.79. The molecular weight excluding hydrogens is 304 g/mol. The van der Waals surface area contributed by atoms with Crippen molar-refractivity contribution in [3.05, 3.63) is 64.7 Å². The van der Waals surface area contributed by atoms with Gasteiger partial charge in [0.15, 0.2) is 0 Å². The van der Waals surface area contributed by atoms with E-state index in [2.05, 4.69) is 53.6 Å². The molecule has 3 rings (SSSR count). The van der Waals surface area contributed by atoms with Gasteiger partial charge in [0, 0.05) is 12.7 Å². The molecule has 2 aromatic carbocycles. The first-order chi connectivity index (χ1) is 11.1. The number of fused-ring (bicyclic) bond motifs is 1. The minimum Gasteiger partial charge on any atom is -0.508 e. The quantitative estimate of drug-likeness (QED) is 0.652. The van der Waals surface area contributed by atoms with Crippen molar-refractivity contribution in [2.45, 2.75) is 6.92 Å². The highest BCUT2D eigenvalue weighted by Crippen LogP contribution is 2.26. The van der Waals surface area contributed by atoms with Gasteiger partial charge in [-0.2, -0.15) is 0 Å². The van der Waals surface area contributed by atoms with Crippen molar-refractivity contribution in [3.8, 4) is 5.75 Å². The van der Waals surface area contributed by atoms with Gasteiger partial charge < -0.3 is 10.4 Å². The van der Waals surface area contributed by atoms with Crippen molar-refractivity contribution >= 4 is 39.4 Å². The summed E-state index contributed by atoms with van der Waals surface area (Å²) in [5.41, 5.74) is 4.34. The molecule has 1 heterocycles. The molecule has 4 heteroatoms. The number of anilines is 1. The first-order valence-corrected chi connectivity index (χ1v) is 8.19. The molecule has 1 aromatic heterocycles. The molecular formula is C19H18N2OS. The van der Waals surface area contributed by atoms with Crippen LogP contribution in [0.2, 0.25) is 0 Å². The highest BCUT2D eigenvalue weighted by atomic mass is 32.1. The summed E-state index contributed by atoms with van der Waals surface area (Å²) in [6.07, 6.45) is 6.20. The van der Waals surface area contributed by atoms with Crippen LogP contribution in [0.5, 0.6) is 5.75 Å². The van der Waals surface area contributed by atoms with Gasteiger partial charge >= 0.3 is 0 Å². The van der Waals surface area contributed by atoms with Gasteiger partial charge in [0.2, 0.25) is 0 Å². The molecule has 3 aromatic rings. The van der Waals surface area contributed by atoms with E-state index in [0.717, 1.165) is 26.5 Å². The van der Waals surface area contributed by atoms with Crippen LogP contribution in [0.1, 0.15) is 17.5 Å². The molecule has 0 bridgehead atoms. The molecule has 0 fully saturated rings. The van der Waals surface area contributed by atoms with Crippen LogP contribution in [0, 0.1) is 0 Å². The maximum atomic E-state index is 9.51. The van der Waals surface area contributed by atoms with E-state index >= 15 is 0 Å². The molecule has 0 spiro atoms. The lowest BCUT2D eigenvalue weighted by Crippen LogP contribution is -1.86. The van der Waals surface area contributed by atoms with Crippen LogP contribution in [0.4, 0.5) is 5.69 Å². The summed E-state index contributed by atoms with van der Waals surface area (Å²) in [5, 5.41) is 13.6. The lowest BCUT2D eigenvalue weighted by molar-refractivity contribution is 0.476. The second kappa shape index (κ2) is 6.67. The van der Waals surface area contributed by atoms with Crippen LogP contribution < -0.4 is 5.32 Å². The average Bonchev–Trinajstić information content (AvgIpc) is 2.95. The van der Waals surface area contributed by atoms with E-state index in [9.17, 15) is 5.11 Å². The first-order valence-electron chi connectivity index (χ1n) is 7.38. The topological polar surface area (TPSA) is 45.2 Å². The summed E-state index contributed by atoms with van der Waals surface area (Å²) >= 11 is 1.57. The van der Waals surface area contributed by atoms with E-state index < -0.39 is 0 Å². The summed E-state index contributed by atoms with van der Waals surface area (Å²) in [6, 6.07) is 13.5. The van der Waals surface area contributed by atoms with Crippen LogP contribution in [0.15, 0.2) is 54.1 Å². The van der Waals surface area contributed by atoms with Gasteiger partial charge in [-0.1, -0.05) is 29.9 Å². The summed E-state index contributed by atoms with van der Waals surface area (Å²) in [7, 11) is 1.91. The lowest BCUT2D eigenvalue weighted by atomic mass is 10.1. The molecule has 0 aliphatic heterocycles. The molecule has 23 heavy (non-hydrogen) atoms. The number of aromatic nitrogens is 1. The molecule has 0 radical (unpaired) electrons. The normalized spacial score (nSPS) is 12.2. The van der Waals surface area contributed by atoms with Gasteiger partial charge in [-0.25, -0.2) is 4.98 Å². The number of hydrogen-bond acceptors (Lipinski definition) is 4. The largest absolute Gasteiger partial charge is 0.508 e. The minimum atomic E-state index is 0.276. The Balaban J connectivity index is 1.77. The van der Waals surface area contributed by atoms with Crippen molar-refractivity contribution in [1.82, 2.24) is 4.98 Å². The predicted octanol–water partition coefficient (Wildman–Crippen LogP) is 5.16. The minimum absolute atomic E-state index is 0.276. The van der Waals surface area contributed by atoms with E-state index in [1.807, 2.05) is 19.2 Å². The smallest absolute Gasteiger partial charge is 0.117 e. The Labute approximate surface area is 139 Å². The van der Waals surface area contributed by atoms with Crippen molar-refractivity contribution < 1.29 is 5.11 Å². The third-order valence-corrected chi connectivity index (χ3v) is 4.45. The number of thiazole rings is 1. The van der Waals surface area contributed by atoms with Gasteiger partial charge in [0.05, 0.1) is 10.2 Å². The van der Waals surface area contributed by atoms with Gasteiger partial charge in [0.25, 0.3) is 0 Å². The number of aromatic hydroxyl groups is 1. The van der Waals surface area contributed by atoms with E-state index in [4.69, 9.17) is 0 Å².